The summed E-state index contributed by atoms with van der Waals surface area (Å²) in [5.74, 6) is 5.89. The molecule has 6 heteroatoms. The van der Waals surface area contributed by atoms with Crippen molar-refractivity contribution >= 4 is 23.1 Å². The summed E-state index contributed by atoms with van der Waals surface area (Å²) in [5.41, 5.74) is 4.62. The zero-order valence-electron chi connectivity index (χ0n) is 11.0. The highest BCUT2D eigenvalue weighted by Crippen LogP contribution is 2.23. The molecule has 1 aromatic heterocycles. The summed E-state index contributed by atoms with van der Waals surface area (Å²) in [6.45, 7) is 0.479. The van der Waals surface area contributed by atoms with E-state index in [1.165, 1.54) is 0 Å². The second-order valence-corrected chi connectivity index (χ2v) is 4.66. The van der Waals surface area contributed by atoms with Crippen molar-refractivity contribution in [3.63, 3.8) is 0 Å². The average molecular weight is 288 g/mol. The number of hydrazine groups is 1. The fourth-order valence-corrected chi connectivity index (χ4v) is 2.05. The number of nitrogen functional groups attached to an aromatic ring is 1. The minimum atomic E-state index is 0.479. The van der Waals surface area contributed by atoms with Crippen molar-refractivity contribution in [1.29, 1.82) is 5.26 Å². The number of para-hydroxylation sites is 1. The van der Waals surface area contributed by atoms with Gasteiger partial charge in [0.05, 0.1) is 28.5 Å². The highest BCUT2D eigenvalue weighted by molar-refractivity contribution is 6.31. The van der Waals surface area contributed by atoms with Crippen molar-refractivity contribution in [2.45, 2.75) is 6.54 Å². The van der Waals surface area contributed by atoms with Gasteiger partial charge in [0.1, 0.15) is 11.9 Å². The van der Waals surface area contributed by atoms with Crippen molar-refractivity contribution < 1.29 is 0 Å². The molecule has 0 atom stereocenters. The molecule has 1 heterocycles. The van der Waals surface area contributed by atoms with Crippen LogP contribution in [0.3, 0.4) is 0 Å². The highest BCUT2D eigenvalue weighted by Gasteiger charge is 2.11. The summed E-state index contributed by atoms with van der Waals surface area (Å²) in [6.07, 6.45) is 0. The van der Waals surface area contributed by atoms with Crippen LogP contribution in [0.2, 0.25) is 5.02 Å². The molecule has 0 unspecified atom stereocenters. The molecular formula is C14H14ClN5. The van der Waals surface area contributed by atoms with Crippen molar-refractivity contribution in [2.75, 3.05) is 17.4 Å². The number of hydrogen-bond acceptors (Lipinski definition) is 5. The number of pyridine rings is 1. The Morgan fingerprint density at radius 3 is 2.80 bits per heavy atom. The summed E-state index contributed by atoms with van der Waals surface area (Å²) in [5, 5.41) is 9.69. The van der Waals surface area contributed by atoms with E-state index in [1.54, 1.807) is 18.2 Å². The lowest BCUT2D eigenvalue weighted by molar-refractivity contribution is 0.883. The average Bonchev–Trinajstić information content (AvgIpc) is 2.49. The maximum Gasteiger partial charge on any atom is 0.140 e. The van der Waals surface area contributed by atoms with Gasteiger partial charge in [-0.05, 0) is 24.3 Å². The second kappa shape index (κ2) is 6.24. The van der Waals surface area contributed by atoms with E-state index in [-0.39, 0.29) is 0 Å². The Labute approximate surface area is 122 Å². The number of halogens is 1. The number of nitrogens with zero attached hydrogens (tertiary/aromatic N) is 3. The number of nitrogens with two attached hydrogens (primary N) is 1. The maximum atomic E-state index is 9.13. The van der Waals surface area contributed by atoms with Gasteiger partial charge in [0.15, 0.2) is 0 Å². The molecule has 0 amide bonds. The number of aromatic nitrogens is 1. The van der Waals surface area contributed by atoms with E-state index in [1.807, 2.05) is 30.1 Å². The van der Waals surface area contributed by atoms with Gasteiger partial charge >= 0.3 is 0 Å². The minimum Gasteiger partial charge on any atom is -0.368 e. The van der Waals surface area contributed by atoms with Gasteiger partial charge in [0.25, 0.3) is 0 Å². The van der Waals surface area contributed by atoms with Crippen molar-refractivity contribution in [1.82, 2.24) is 4.98 Å². The lowest BCUT2D eigenvalue weighted by atomic mass is 10.1. The van der Waals surface area contributed by atoms with Crippen LogP contribution in [0.5, 0.6) is 0 Å². The standard InChI is InChI=1S/C14H14ClN5/c1-20(13-5-3-2-4-10(13)8-16)9-12-11(15)6-7-14(18-12)19-17/h2-7H,9,17H2,1H3,(H,18,19). The summed E-state index contributed by atoms with van der Waals surface area (Å²) in [4.78, 5) is 6.24. The van der Waals surface area contributed by atoms with E-state index < -0.39 is 0 Å². The first-order valence-corrected chi connectivity index (χ1v) is 6.36. The van der Waals surface area contributed by atoms with Gasteiger partial charge in [-0.25, -0.2) is 10.8 Å². The predicted octanol–water partition coefficient (Wildman–Crippen LogP) is 2.53. The molecule has 0 aliphatic rings. The van der Waals surface area contributed by atoms with Gasteiger partial charge in [-0.1, -0.05) is 23.7 Å². The molecule has 1 aromatic carbocycles. The number of rotatable bonds is 4. The molecule has 2 aromatic rings. The van der Waals surface area contributed by atoms with Crippen molar-refractivity contribution in [2.24, 2.45) is 5.84 Å². The quantitative estimate of drug-likeness (QED) is 0.667. The Kier molecular flexibility index (Phi) is 4.41. The molecule has 0 saturated heterocycles. The molecule has 102 valence electrons. The summed E-state index contributed by atoms with van der Waals surface area (Å²) in [6, 6.07) is 13.0. The number of benzene rings is 1. The third-order valence-electron chi connectivity index (χ3n) is 2.89. The van der Waals surface area contributed by atoms with Crippen LogP contribution in [0.1, 0.15) is 11.3 Å². The molecule has 20 heavy (non-hydrogen) atoms. The van der Waals surface area contributed by atoms with Gasteiger partial charge < -0.3 is 10.3 Å². The van der Waals surface area contributed by atoms with Crippen LogP contribution in [0.25, 0.3) is 0 Å². The molecule has 0 bridgehead atoms. The fourth-order valence-electron chi connectivity index (χ4n) is 1.89. The summed E-state index contributed by atoms with van der Waals surface area (Å²) in [7, 11) is 1.89. The van der Waals surface area contributed by atoms with E-state index in [0.29, 0.717) is 28.6 Å². The Bertz CT molecular complexity index is 650. The predicted molar refractivity (Wildman–Crippen MR) is 80.3 cm³/mol. The molecule has 0 aliphatic heterocycles. The third kappa shape index (κ3) is 2.99. The lowest BCUT2D eigenvalue weighted by Gasteiger charge is -2.20. The topological polar surface area (TPSA) is 78.0 Å². The number of nitrogens with one attached hydrogen (secondary N) is 1. The van der Waals surface area contributed by atoms with Crippen LogP contribution in [-0.2, 0) is 6.54 Å². The van der Waals surface area contributed by atoms with E-state index in [9.17, 15) is 0 Å². The highest BCUT2D eigenvalue weighted by atomic mass is 35.5. The number of anilines is 2. The van der Waals surface area contributed by atoms with Gasteiger partial charge in [0, 0.05) is 7.05 Å². The van der Waals surface area contributed by atoms with Crippen LogP contribution in [0, 0.1) is 11.3 Å². The first-order chi connectivity index (χ1) is 9.65. The molecule has 0 aliphatic carbocycles. The molecule has 0 radical (unpaired) electrons. The number of hydrogen-bond donors (Lipinski definition) is 2. The lowest BCUT2D eigenvalue weighted by Crippen LogP contribution is -2.19. The zero-order chi connectivity index (χ0) is 14.5. The van der Waals surface area contributed by atoms with Crippen LogP contribution >= 0.6 is 11.6 Å². The molecule has 0 fully saturated rings. The van der Waals surface area contributed by atoms with Gasteiger partial charge in [-0.2, -0.15) is 5.26 Å². The molecule has 0 saturated carbocycles. The normalized spacial score (nSPS) is 9.90. The Balaban J connectivity index is 2.28. The van der Waals surface area contributed by atoms with Crippen LogP contribution < -0.4 is 16.2 Å². The van der Waals surface area contributed by atoms with Crippen molar-refractivity contribution in [3.05, 3.63) is 52.7 Å². The van der Waals surface area contributed by atoms with Gasteiger partial charge in [-0.3, -0.25) is 0 Å². The summed E-state index contributed by atoms with van der Waals surface area (Å²) < 4.78 is 0. The van der Waals surface area contributed by atoms with Crippen LogP contribution in [-0.4, -0.2) is 12.0 Å². The fraction of sp³-hybridized carbons (Fsp3) is 0.143. The largest absolute Gasteiger partial charge is 0.368 e. The molecule has 3 N–H and O–H groups in total. The zero-order valence-corrected chi connectivity index (χ0v) is 11.7. The van der Waals surface area contributed by atoms with E-state index in [0.717, 1.165) is 5.69 Å². The Hall–Kier alpha value is -2.29. The van der Waals surface area contributed by atoms with Gasteiger partial charge in [-0.15, -0.1) is 0 Å². The molecular weight excluding hydrogens is 274 g/mol. The maximum absolute atomic E-state index is 9.13. The van der Waals surface area contributed by atoms with E-state index in [2.05, 4.69) is 16.5 Å². The molecule has 2 rings (SSSR count). The number of nitriles is 1. The minimum absolute atomic E-state index is 0.479. The first-order valence-electron chi connectivity index (χ1n) is 5.98. The Morgan fingerprint density at radius 2 is 2.10 bits per heavy atom. The van der Waals surface area contributed by atoms with Crippen LogP contribution in [0.4, 0.5) is 11.5 Å². The SMILES string of the molecule is CN(Cc1nc(NN)ccc1Cl)c1ccccc1C#N. The second-order valence-electron chi connectivity index (χ2n) is 4.25. The van der Waals surface area contributed by atoms with Gasteiger partial charge in [0.2, 0.25) is 0 Å². The third-order valence-corrected chi connectivity index (χ3v) is 3.23. The van der Waals surface area contributed by atoms with Crippen LogP contribution in [0.15, 0.2) is 36.4 Å². The monoisotopic (exact) mass is 287 g/mol. The molecule has 5 nitrogen and oxygen atoms in total. The Morgan fingerprint density at radius 1 is 1.35 bits per heavy atom. The molecule has 0 spiro atoms. The van der Waals surface area contributed by atoms with E-state index >= 15 is 0 Å². The smallest absolute Gasteiger partial charge is 0.140 e. The van der Waals surface area contributed by atoms with Crippen molar-refractivity contribution in [3.8, 4) is 6.07 Å². The van der Waals surface area contributed by atoms with E-state index in [4.69, 9.17) is 22.7 Å². The first kappa shape index (κ1) is 14.1. The summed E-state index contributed by atoms with van der Waals surface area (Å²) >= 11 is 6.14.